The molecule has 0 bridgehead atoms. The lowest BCUT2D eigenvalue weighted by Crippen LogP contribution is -2.09. The van der Waals surface area contributed by atoms with Crippen LogP contribution in [0.25, 0.3) is 0 Å². The number of nitrogens with zero attached hydrogens (tertiary/aromatic N) is 1. The highest BCUT2D eigenvalue weighted by Crippen LogP contribution is 2.25. The number of hydrogen-bond acceptors (Lipinski definition) is 3. The molecule has 0 spiro atoms. The van der Waals surface area contributed by atoms with Crippen LogP contribution >= 0.6 is 11.6 Å². The largest absolute Gasteiger partial charge is 0.497 e. The Hall–Kier alpha value is -1.22. The summed E-state index contributed by atoms with van der Waals surface area (Å²) in [5.41, 5.74) is 4.12. The van der Waals surface area contributed by atoms with E-state index in [2.05, 4.69) is 10.5 Å². The Morgan fingerprint density at radius 3 is 3.07 bits per heavy atom. The second kappa shape index (κ2) is 3.88. The van der Waals surface area contributed by atoms with Crippen LogP contribution < -0.4 is 10.2 Å². The highest BCUT2D eigenvalue weighted by atomic mass is 35.5. The van der Waals surface area contributed by atoms with Crippen molar-refractivity contribution in [2.75, 3.05) is 7.11 Å². The van der Waals surface area contributed by atoms with E-state index in [-0.39, 0.29) is 6.04 Å². The minimum absolute atomic E-state index is 0.178. The lowest BCUT2D eigenvalue weighted by atomic mass is 10.1. The van der Waals surface area contributed by atoms with Crippen molar-refractivity contribution >= 4 is 16.8 Å². The molecule has 14 heavy (non-hydrogen) atoms. The zero-order valence-electron chi connectivity index (χ0n) is 7.83. The first kappa shape index (κ1) is 9.34. The van der Waals surface area contributed by atoms with Gasteiger partial charge in [0.05, 0.1) is 13.2 Å². The highest BCUT2D eigenvalue weighted by Gasteiger charge is 2.18. The first-order valence-corrected chi connectivity index (χ1v) is 4.79. The fourth-order valence-electron chi connectivity index (χ4n) is 1.46. The summed E-state index contributed by atoms with van der Waals surface area (Å²) in [5.74, 6) is 0.854. The van der Waals surface area contributed by atoms with Crippen LogP contribution in [0.3, 0.4) is 0 Å². The maximum Gasteiger partial charge on any atom is 0.128 e. The third kappa shape index (κ3) is 1.82. The molecular formula is C10H11ClN2O. The quantitative estimate of drug-likeness (QED) is 0.813. The van der Waals surface area contributed by atoms with Crippen LogP contribution in [-0.2, 0) is 0 Å². The van der Waals surface area contributed by atoms with E-state index in [1.165, 1.54) is 0 Å². The van der Waals surface area contributed by atoms with Gasteiger partial charge in [0.1, 0.15) is 10.9 Å². The Morgan fingerprint density at radius 2 is 2.43 bits per heavy atom. The predicted octanol–water partition coefficient (Wildman–Crippen LogP) is 2.28. The Kier molecular flexibility index (Phi) is 2.59. The molecule has 1 aliphatic heterocycles. The minimum atomic E-state index is 0.178. The van der Waals surface area contributed by atoms with Crippen molar-refractivity contribution in [2.45, 2.75) is 12.5 Å². The smallest absolute Gasteiger partial charge is 0.128 e. The molecule has 0 fully saturated rings. The van der Waals surface area contributed by atoms with E-state index in [1.54, 1.807) is 7.11 Å². The highest BCUT2D eigenvalue weighted by molar-refractivity contribution is 6.65. The Bertz CT molecular complexity index is 365. The molecule has 0 radical (unpaired) electrons. The predicted molar refractivity (Wildman–Crippen MR) is 56.8 cm³/mol. The number of benzene rings is 1. The number of hydrogen-bond donors (Lipinski definition) is 1. The number of rotatable bonds is 2. The first-order valence-electron chi connectivity index (χ1n) is 4.41. The molecule has 1 N–H and O–H groups in total. The molecule has 1 aromatic carbocycles. The van der Waals surface area contributed by atoms with Crippen LogP contribution in [0.1, 0.15) is 18.0 Å². The topological polar surface area (TPSA) is 33.6 Å². The van der Waals surface area contributed by atoms with Gasteiger partial charge in [-0.15, -0.1) is 0 Å². The summed E-state index contributed by atoms with van der Waals surface area (Å²) in [6, 6.07) is 8.08. The average molecular weight is 211 g/mol. The van der Waals surface area contributed by atoms with Crippen molar-refractivity contribution in [3.05, 3.63) is 29.8 Å². The number of ether oxygens (including phenoxy) is 1. The van der Waals surface area contributed by atoms with Gasteiger partial charge in [0.25, 0.3) is 0 Å². The molecule has 4 heteroatoms. The molecule has 0 saturated heterocycles. The van der Waals surface area contributed by atoms with Crippen molar-refractivity contribution in [3.63, 3.8) is 0 Å². The molecule has 0 aromatic heterocycles. The van der Waals surface area contributed by atoms with Gasteiger partial charge in [-0.1, -0.05) is 23.7 Å². The first-order chi connectivity index (χ1) is 6.79. The summed E-state index contributed by atoms with van der Waals surface area (Å²) in [7, 11) is 1.66. The summed E-state index contributed by atoms with van der Waals surface area (Å²) < 4.78 is 5.14. The fraction of sp³-hybridized carbons (Fsp3) is 0.300. The third-order valence-electron chi connectivity index (χ3n) is 2.21. The molecule has 1 aromatic rings. The van der Waals surface area contributed by atoms with Gasteiger partial charge in [-0.25, -0.2) is 0 Å². The summed E-state index contributed by atoms with van der Waals surface area (Å²) in [4.78, 5) is 0. The second-order valence-electron chi connectivity index (χ2n) is 3.15. The van der Waals surface area contributed by atoms with Crippen LogP contribution in [0.2, 0.25) is 0 Å². The monoisotopic (exact) mass is 210 g/mol. The number of halogens is 1. The van der Waals surface area contributed by atoms with Crippen LogP contribution in [0.15, 0.2) is 29.4 Å². The Balaban J connectivity index is 2.17. The van der Waals surface area contributed by atoms with Crippen molar-refractivity contribution < 1.29 is 4.74 Å². The standard InChI is InChI=1S/C10H11ClN2O/c1-14-8-4-2-3-7(5-8)9-6-10(11)13-12-9/h2-5,9,12H,6H2,1H3. The minimum Gasteiger partial charge on any atom is -0.497 e. The van der Waals surface area contributed by atoms with Crippen LogP contribution in [-0.4, -0.2) is 12.3 Å². The molecule has 1 heterocycles. The molecule has 74 valence electrons. The van der Waals surface area contributed by atoms with E-state index in [0.717, 1.165) is 17.7 Å². The van der Waals surface area contributed by atoms with Gasteiger partial charge in [0, 0.05) is 6.42 Å². The zero-order chi connectivity index (χ0) is 9.97. The number of methoxy groups -OCH3 is 1. The van der Waals surface area contributed by atoms with Gasteiger partial charge in [-0.3, -0.25) is 0 Å². The van der Waals surface area contributed by atoms with E-state index >= 15 is 0 Å². The van der Waals surface area contributed by atoms with Gasteiger partial charge in [-0.05, 0) is 17.7 Å². The van der Waals surface area contributed by atoms with E-state index in [9.17, 15) is 0 Å². The lowest BCUT2D eigenvalue weighted by Gasteiger charge is -2.10. The van der Waals surface area contributed by atoms with E-state index in [0.29, 0.717) is 5.17 Å². The molecular weight excluding hydrogens is 200 g/mol. The SMILES string of the molecule is COc1cccc(C2CC(Cl)=NN2)c1. The van der Waals surface area contributed by atoms with Crippen LogP contribution in [0, 0.1) is 0 Å². The number of hydrazone groups is 1. The van der Waals surface area contributed by atoms with Crippen LogP contribution in [0.5, 0.6) is 5.75 Å². The maximum atomic E-state index is 5.79. The van der Waals surface area contributed by atoms with E-state index < -0.39 is 0 Å². The van der Waals surface area contributed by atoms with Crippen LogP contribution in [0.4, 0.5) is 0 Å². The fourth-order valence-corrected chi connectivity index (χ4v) is 1.66. The number of nitrogens with one attached hydrogen (secondary N) is 1. The van der Waals surface area contributed by atoms with Crippen molar-refractivity contribution in [3.8, 4) is 5.75 Å². The lowest BCUT2D eigenvalue weighted by molar-refractivity contribution is 0.413. The van der Waals surface area contributed by atoms with Crippen molar-refractivity contribution in [2.24, 2.45) is 5.10 Å². The normalized spacial score (nSPS) is 20.1. The molecule has 3 nitrogen and oxygen atoms in total. The summed E-state index contributed by atoms with van der Waals surface area (Å²) in [5, 5.41) is 4.56. The molecule has 2 rings (SSSR count). The molecule has 1 unspecified atom stereocenters. The zero-order valence-corrected chi connectivity index (χ0v) is 8.58. The maximum absolute atomic E-state index is 5.79. The molecule has 0 amide bonds. The van der Waals surface area contributed by atoms with Crippen molar-refractivity contribution in [1.29, 1.82) is 0 Å². The van der Waals surface area contributed by atoms with Gasteiger partial charge in [0.2, 0.25) is 0 Å². The molecule has 0 saturated carbocycles. The van der Waals surface area contributed by atoms with Crippen molar-refractivity contribution in [1.82, 2.24) is 5.43 Å². The van der Waals surface area contributed by atoms with Gasteiger partial charge in [-0.2, -0.15) is 5.10 Å². The Morgan fingerprint density at radius 1 is 1.57 bits per heavy atom. The molecule has 0 aliphatic carbocycles. The summed E-state index contributed by atoms with van der Waals surface area (Å²) in [6.45, 7) is 0. The molecule has 1 aliphatic rings. The summed E-state index contributed by atoms with van der Waals surface area (Å²) in [6.07, 6.45) is 0.745. The Labute approximate surface area is 87.7 Å². The molecule has 1 atom stereocenters. The third-order valence-corrected chi connectivity index (χ3v) is 2.45. The van der Waals surface area contributed by atoms with Gasteiger partial charge < -0.3 is 10.2 Å². The average Bonchev–Trinajstić information content (AvgIpc) is 2.65. The van der Waals surface area contributed by atoms with E-state index in [4.69, 9.17) is 16.3 Å². The second-order valence-corrected chi connectivity index (χ2v) is 3.59. The summed E-state index contributed by atoms with van der Waals surface area (Å²) >= 11 is 5.79. The van der Waals surface area contributed by atoms with Gasteiger partial charge in [0.15, 0.2) is 0 Å². The van der Waals surface area contributed by atoms with E-state index in [1.807, 2.05) is 24.3 Å². The van der Waals surface area contributed by atoms with Gasteiger partial charge >= 0.3 is 0 Å².